The minimum absolute atomic E-state index is 0.571. The Kier molecular flexibility index (Phi) is 6.19. The molecule has 3 heterocycles. The summed E-state index contributed by atoms with van der Waals surface area (Å²) in [6.07, 6.45) is 12.5. The summed E-state index contributed by atoms with van der Waals surface area (Å²) in [4.78, 5) is 6.69. The van der Waals surface area contributed by atoms with Crippen molar-refractivity contribution in [2.24, 2.45) is 0 Å². The van der Waals surface area contributed by atoms with Crippen molar-refractivity contribution < 1.29 is 10.2 Å². The molecule has 1 saturated heterocycles. The van der Waals surface area contributed by atoms with E-state index in [4.69, 9.17) is 0 Å². The fourth-order valence-electron chi connectivity index (χ4n) is 4.48. The SMILES string of the molecule is Cc1c(CC2=CCCC=C2)nnc(N2CCC(O)(c3ccc(C(C)(C)O)cn3)CC2)c1C. The summed E-state index contributed by atoms with van der Waals surface area (Å²) in [6.45, 7) is 9.09. The largest absolute Gasteiger partial charge is 0.386 e. The van der Waals surface area contributed by atoms with Gasteiger partial charge in [-0.1, -0.05) is 24.3 Å². The van der Waals surface area contributed by atoms with E-state index in [-0.39, 0.29) is 0 Å². The molecular weight excluding hydrogens is 400 g/mol. The van der Waals surface area contributed by atoms with Crippen LogP contribution in [0.2, 0.25) is 0 Å². The zero-order valence-electron chi connectivity index (χ0n) is 19.6. The third kappa shape index (κ3) is 4.62. The topological polar surface area (TPSA) is 82.4 Å². The van der Waals surface area contributed by atoms with Gasteiger partial charge in [-0.25, -0.2) is 0 Å². The lowest BCUT2D eigenvalue weighted by atomic mass is 9.87. The second kappa shape index (κ2) is 8.75. The molecule has 0 saturated carbocycles. The van der Waals surface area contributed by atoms with Crippen LogP contribution in [-0.2, 0) is 17.6 Å². The van der Waals surface area contributed by atoms with E-state index >= 15 is 0 Å². The highest BCUT2D eigenvalue weighted by atomic mass is 16.3. The highest BCUT2D eigenvalue weighted by molar-refractivity contribution is 5.51. The van der Waals surface area contributed by atoms with Crippen molar-refractivity contribution in [3.05, 3.63) is 70.2 Å². The molecule has 170 valence electrons. The molecule has 1 fully saturated rings. The average molecular weight is 435 g/mol. The van der Waals surface area contributed by atoms with Crippen LogP contribution in [0.5, 0.6) is 0 Å². The van der Waals surface area contributed by atoms with Gasteiger partial charge >= 0.3 is 0 Å². The minimum Gasteiger partial charge on any atom is -0.386 e. The second-order valence-corrected chi connectivity index (χ2v) is 9.67. The zero-order valence-corrected chi connectivity index (χ0v) is 19.6. The monoisotopic (exact) mass is 434 g/mol. The van der Waals surface area contributed by atoms with Crippen molar-refractivity contribution in [3.63, 3.8) is 0 Å². The molecule has 0 spiro atoms. The standard InChI is InChI=1S/C26H34N4O2/c1-18-19(2)24(29-28-22(18)16-20-8-6-5-7-9-20)30-14-12-26(32,13-15-30)23-11-10-21(17-27-23)25(3,4)31/h6,8-11,17,31-32H,5,7,12-16H2,1-4H3. The molecule has 0 radical (unpaired) electrons. The first-order valence-electron chi connectivity index (χ1n) is 11.5. The van der Waals surface area contributed by atoms with Gasteiger partial charge in [-0.05, 0) is 76.1 Å². The number of rotatable bonds is 5. The van der Waals surface area contributed by atoms with Crippen molar-refractivity contribution in [1.29, 1.82) is 0 Å². The molecule has 1 aliphatic carbocycles. The molecule has 32 heavy (non-hydrogen) atoms. The van der Waals surface area contributed by atoms with Crippen molar-refractivity contribution in [1.82, 2.24) is 15.2 Å². The van der Waals surface area contributed by atoms with Gasteiger partial charge in [0.1, 0.15) is 5.60 Å². The smallest absolute Gasteiger partial charge is 0.154 e. The van der Waals surface area contributed by atoms with E-state index in [1.807, 2.05) is 12.1 Å². The number of allylic oxidation sites excluding steroid dienone is 4. The summed E-state index contributed by atoms with van der Waals surface area (Å²) < 4.78 is 0. The lowest BCUT2D eigenvalue weighted by Gasteiger charge is -2.39. The summed E-state index contributed by atoms with van der Waals surface area (Å²) >= 11 is 0. The highest BCUT2D eigenvalue weighted by Crippen LogP contribution is 2.35. The molecule has 2 aliphatic rings. The van der Waals surface area contributed by atoms with Crippen molar-refractivity contribution in [2.75, 3.05) is 18.0 Å². The molecule has 0 amide bonds. The maximum absolute atomic E-state index is 11.3. The fourth-order valence-corrected chi connectivity index (χ4v) is 4.48. The molecule has 0 aromatic carbocycles. The Bertz CT molecular complexity index is 1030. The van der Waals surface area contributed by atoms with E-state index in [2.05, 4.69) is 52.2 Å². The Morgan fingerprint density at radius 1 is 1.06 bits per heavy atom. The van der Waals surface area contributed by atoms with Gasteiger partial charge in [0.05, 0.1) is 17.0 Å². The fraction of sp³-hybridized carbons (Fsp3) is 0.500. The maximum Gasteiger partial charge on any atom is 0.154 e. The van der Waals surface area contributed by atoms with E-state index in [0.29, 0.717) is 31.6 Å². The Morgan fingerprint density at radius 3 is 2.41 bits per heavy atom. The number of aliphatic hydroxyl groups is 2. The van der Waals surface area contributed by atoms with E-state index in [0.717, 1.165) is 41.9 Å². The molecule has 6 nitrogen and oxygen atoms in total. The van der Waals surface area contributed by atoms with Crippen LogP contribution >= 0.6 is 0 Å². The maximum atomic E-state index is 11.3. The predicted molar refractivity (Wildman–Crippen MR) is 126 cm³/mol. The first kappa shape index (κ1) is 22.6. The molecule has 0 bridgehead atoms. The van der Waals surface area contributed by atoms with Gasteiger partial charge in [0.25, 0.3) is 0 Å². The van der Waals surface area contributed by atoms with Crippen LogP contribution in [0.25, 0.3) is 0 Å². The first-order chi connectivity index (χ1) is 15.2. The van der Waals surface area contributed by atoms with Crippen LogP contribution in [0.4, 0.5) is 5.82 Å². The van der Waals surface area contributed by atoms with Crippen molar-refractivity contribution in [2.45, 2.75) is 71.0 Å². The summed E-state index contributed by atoms with van der Waals surface area (Å²) in [7, 11) is 0. The Hall–Kier alpha value is -2.57. The quantitative estimate of drug-likeness (QED) is 0.740. The third-order valence-electron chi connectivity index (χ3n) is 6.88. The summed E-state index contributed by atoms with van der Waals surface area (Å²) in [5.74, 6) is 0.909. The van der Waals surface area contributed by atoms with Gasteiger partial charge in [0, 0.05) is 31.3 Å². The molecular formula is C26H34N4O2. The van der Waals surface area contributed by atoms with Crippen LogP contribution < -0.4 is 4.90 Å². The van der Waals surface area contributed by atoms with Gasteiger partial charge in [0.2, 0.25) is 0 Å². The van der Waals surface area contributed by atoms with Crippen LogP contribution in [-0.4, -0.2) is 38.5 Å². The van der Waals surface area contributed by atoms with Crippen LogP contribution in [0.3, 0.4) is 0 Å². The van der Waals surface area contributed by atoms with Gasteiger partial charge in [0.15, 0.2) is 5.82 Å². The van der Waals surface area contributed by atoms with Gasteiger partial charge in [-0.3, -0.25) is 4.98 Å². The van der Waals surface area contributed by atoms with Gasteiger partial charge < -0.3 is 15.1 Å². The molecule has 1 aliphatic heterocycles. The summed E-state index contributed by atoms with van der Waals surface area (Å²) in [5, 5.41) is 30.6. The summed E-state index contributed by atoms with van der Waals surface area (Å²) in [5.41, 5.74) is 4.19. The number of piperidine rings is 1. The number of anilines is 1. The molecule has 0 atom stereocenters. The first-order valence-corrected chi connectivity index (χ1v) is 11.5. The zero-order chi connectivity index (χ0) is 22.9. The molecule has 2 aromatic rings. The third-order valence-corrected chi connectivity index (χ3v) is 6.88. The molecule has 2 N–H and O–H groups in total. The number of hydrogen-bond acceptors (Lipinski definition) is 6. The van der Waals surface area contributed by atoms with Crippen molar-refractivity contribution in [3.8, 4) is 0 Å². The minimum atomic E-state index is -0.968. The Balaban J connectivity index is 1.46. The Labute approximate surface area is 190 Å². The van der Waals surface area contributed by atoms with E-state index in [9.17, 15) is 10.2 Å². The van der Waals surface area contributed by atoms with Crippen LogP contribution in [0.1, 0.15) is 67.6 Å². The van der Waals surface area contributed by atoms with E-state index < -0.39 is 11.2 Å². The number of hydrogen-bond donors (Lipinski definition) is 2. The lowest BCUT2D eigenvalue weighted by molar-refractivity contribution is 0.00711. The van der Waals surface area contributed by atoms with Crippen LogP contribution in [0, 0.1) is 13.8 Å². The number of nitrogens with zero attached hydrogens (tertiary/aromatic N) is 4. The lowest BCUT2D eigenvalue weighted by Crippen LogP contribution is -2.44. The number of pyridine rings is 1. The van der Waals surface area contributed by atoms with Gasteiger partial charge in [-0.15, -0.1) is 5.10 Å². The predicted octanol–water partition coefficient (Wildman–Crippen LogP) is 4.02. The molecule has 0 unspecified atom stereocenters. The van der Waals surface area contributed by atoms with E-state index in [1.54, 1.807) is 20.0 Å². The van der Waals surface area contributed by atoms with Gasteiger partial charge in [-0.2, -0.15) is 5.10 Å². The molecule has 4 rings (SSSR count). The Morgan fingerprint density at radius 2 is 1.81 bits per heavy atom. The highest BCUT2D eigenvalue weighted by Gasteiger charge is 2.36. The number of aromatic nitrogens is 3. The second-order valence-electron chi connectivity index (χ2n) is 9.67. The average Bonchev–Trinajstić information content (AvgIpc) is 2.78. The summed E-state index contributed by atoms with van der Waals surface area (Å²) in [6, 6.07) is 3.68. The normalized spacial score (nSPS) is 18.6. The molecule has 6 heteroatoms. The molecule has 2 aromatic heterocycles. The van der Waals surface area contributed by atoms with Crippen LogP contribution in [0.15, 0.2) is 42.1 Å². The van der Waals surface area contributed by atoms with Crippen molar-refractivity contribution >= 4 is 5.82 Å². The van der Waals surface area contributed by atoms with E-state index in [1.165, 1.54) is 11.1 Å².